The van der Waals surface area contributed by atoms with E-state index in [1.54, 1.807) is 0 Å². The number of esters is 1. The molecule has 5 heteroatoms. The van der Waals surface area contributed by atoms with Crippen molar-refractivity contribution in [2.75, 3.05) is 50.7 Å². The van der Waals surface area contributed by atoms with Crippen molar-refractivity contribution in [1.82, 2.24) is 10.2 Å². The minimum atomic E-state index is -0.181. The lowest BCUT2D eigenvalue weighted by atomic mass is 9.76. The molecule has 1 aromatic rings. The van der Waals surface area contributed by atoms with Gasteiger partial charge in [-0.15, -0.1) is 0 Å². The summed E-state index contributed by atoms with van der Waals surface area (Å²) in [6, 6.07) is 8.82. The fourth-order valence-corrected chi connectivity index (χ4v) is 4.62. The maximum absolute atomic E-state index is 12.4. The van der Waals surface area contributed by atoms with E-state index in [9.17, 15) is 4.79 Å². The van der Waals surface area contributed by atoms with Crippen molar-refractivity contribution in [3.05, 3.63) is 29.8 Å². The van der Waals surface area contributed by atoms with Crippen molar-refractivity contribution in [1.29, 1.82) is 0 Å². The Labute approximate surface area is 156 Å². The van der Waals surface area contributed by atoms with Crippen LogP contribution in [0.1, 0.15) is 31.2 Å². The SMILES string of the molecule is Cc1ccc(N2CCN(CC[C@@H]3CC4(CCNCC4)C(=O)O3)CC2)cc1. The van der Waals surface area contributed by atoms with Crippen LogP contribution in [0.4, 0.5) is 5.69 Å². The van der Waals surface area contributed by atoms with Crippen LogP contribution in [0.3, 0.4) is 0 Å². The fourth-order valence-electron chi connectivity index (χ4n) is 4.62. The zero-order chi connectivity index (χ0) is 18.0. The quantitative estimate of drug-likeness (QED) is 0.837. The summed E-state index contributed by atoms with van der Waals surface area (Å²) in [4.78, 5) is 17.4. The summed E-state index contributed by atoms with van der Waals surface area (Å²) in [7, 11) is 0. The summed E-state index contributed by atoms with van der Waals surface area (Å²) in [5.41, 5.74) is 2.46. The first kappa shape index (κ1) is 17.8. The average Bonchev–Trinajstić information content (AvgIpc) is 2.97. The lowest BCUT2D eigenvalue weighted by Gasteiger charge is -2.36. The van der Waals surface area contributed by atoms with Gasteiger partial charge >= 0.3 is 5.97 Å². The Kier molecular flexibility index (Phi) is 5.18. The number of piperidine rings is 1. The second-order valence-corrected chi connectivity index (χ2v) is 8.21. The highest BCUT2D eigenvalue weighted by Crippen LogP contribution is 2.42. The van der Waals surface area contributed by atoms with Crippen molar-refractivity contribution in [2.45, 2.75) is 38.7 Å². The number of nitrogens with one attached hydrogen (secondary N) is 1. The molecule has 5 nitrogen and oxygen atoms in total. The van der Waals surface area contributed by atoms with Crippen LogP contribution in [-0.2, 0) is 9.53 Å². The number of benzene rings is 1. The maximum atomic E-state index is 12.4. The molecule has 0 unspecified atom stereocenters. The van der Waals surface area contributed by atoms with Crippen molar-refractivity contribution < 1.29 is 9.53 Å². The molecule has 1 aromatic carbocycles. The number of carbonyl (C=O) groups is 1. The Morgan fingerprint density at radius 1 is 1.12 bits per heavy atom. The molecule has 1 spiro atoms. The number of hydrogen-bond acceptors (Lipinski definition) is 5. The zero-order valence-electron chi connectivity index (χ0n) is 15.9. The molecule has 3 aliphatic rings. The van der Waals surface area contributed by atoms with E-state index >= 15 is 0 Å². The molecule has 1 N–H and O–H groups in total. The summed E-state index contributed by atoms with van der Waals surface area (Å²) in [6.45, 7) is 9.38. The third-order valence-electron chi connectivity index (χ3n) is 6.42. The summed E-state index contributed by atoms with van der Waals surface area (Å²) in [6.07, 6.45) is 3.91. The normalized spacial score (nSPS) is 26.3. The number of ether oxygens (including phenoxy) is 1. The van der Waals surface area contributed by atoms with Crippen LogP contribution in [0, 0.1) is 12.3 Å². The highest BCUT2D eigenvalue weighted by atomic mass is 16.6. The summed E-state index contributed by atoms with van der Waals surface area (Å²) >= 11 is 0. The second kappa shape index (κ2) is 7.57. The number of nitrogens with zero attached hydrogens (tertiary/aromatic N) is 2. The molecule has 0 saturated carbocycles. The van der Waals surface area contributed by atoms with Crippen LogP contribution in [-0.4, -0.2) is 62.8 Å². The van der Waals surface area contributed by atoms with Gasteiger partial charge in [0.15, 0.2) is 0 Å². The second-order valence-electron chi connectivity index (χ2n) is 8.21. The van der Waals surface area contributed by atoms with Gasteiger partial charge in [-0.05, 0) is 51.4 Å². The molecule has 26 heavy (non-hydrogen) atoms. The first-order chi connectivity index (χ1) is 12.6. The van der Waals surface area contributed by atoms with Crippen molar-refractivity contribution in [3.8, 4) is 0 Å². The lowest BCUT2D eigenvalue weighted by Crippen LogP contribution is -2.47. The molecule has 142 valence electrons. The first-order valence-electron chi connectivity index (χ1n) is 10.1. The van der Waals surface area contributed by atoms with Crippen LogP contribution >= 0.6 is 0 Å². The molecular formula is C21H31N3O2. The van der Waals surface area contributed by atoms with Gasteiger partial charge < -0.3 is 15.0 Å². The molecule has 0 aliphatic carbocycles. The van der Waals surface area contributed by atoms with E-state index in [4.69, 9.17) is 4.74 Å². The monoisotopic (exact) mass is 357 g/mol. The standard InChI is InChI=1S/C21H31N3O2/c1-17-2-4-18(5-3-17)24-14-12-23(13-15-24)11-6-19-16-21(20(25)26-19)7-9-22-10-8-21/h2-5,19,22H,6-16H2,1H3/t19-/m1/s1. The van der Waals surface area contributed by atoms with Crippen LogP contribution in [0.2, 0.25) is 0 Å². The van der Waals surface area contributed by atoms with Gasteiger partial charge in [-0.25, -0.2) is 0 Å². The Balaban J connectivity index is 1.23. The average molecular weight is 357 g/mol. The van der Waals surface area contributed by atoms with Gasteiger partial charge in [0.25, 0.3) is 0 Å². The number of carbonyl (C=O) groups excluding carboxylic acids is 1. The Morgan fingerprint density at radius 2 is 1.81 bits per heavy atom. The van der Waals surface area contributed by atoms with E-state index in [1.807, 2.05) is 0 Å². The molecular weight excluding hydrogens is 326 g/mol. The Morgan fingerprint density at radius 3 is 2.50 bits per heavy atom. The molecule has 0 bridgehead atoms. The molecule has 4 rings (SSSR count). The molecule has 0 aromatic heterocycles. The molecule has 0 radical (unpaired) electrons. The van der Waals surface area contributed by atoms with E-state index in [1.165, 1.54) is 11.3 Å². The van der Waals surface area contributed by atoms with Crippen molar-refractivity contribution in [2.24, 2.45) is 5.41 Å². The van der Waals surface area contributed by atoms with Crippen LogP contribution in [0.5, 0.6) is 0 Å². The maximum Gasteiger partial charge on any atom is 0.312 e. The molecule has 3 saturated heterocycles. The number of piperazine rings is 1. The highest BCUT2D eigenvalue weighted by molar-refractivity contribution is 5.79. The van der Waals surface area contributed by atoms with Gasteiger partial charge in [0.2, 0.25) is 0 Å². The Hall–Kier alpha value is -1.59. The summed E-state index contributed by atoms with van der Waals surface area (Å²) < 4.78 is 5.74. The van der Waals surface area contributed by atoms with Gasteiger partial charge in [0.05, 0.1) is 5.41 Å². The highest BCUT2D eigenvalue weighted by Gasteiger charge is 2.49. The van der Waals surface area contributed by atoms with Crippen molar-refractivity contribution in [3.63, 3.8) is 0 Å². The number of rotatable bonds is 4. The smallest absolute Gasteiger partial charge is 0.312 e. The first-order valence-corrected chi connectivity index (χ1v) is 10.1. The van der Waals surface area contributed by atoms with Gasteiger partial charge in [-0.3, -0.25) is 9.69 Å². The van der Waals surface area contributed by atoms with Crippen molar-refractivity contribution >= 4 is 11.7 Å². The number of aryl methyl sites for hydroxylation is 1. The van der Waals surface area contributed by atoms with E-state index < -0.39 is 0 Å². The van der Waals surface area contributed by atoms with Crippen LogP contribution in [0.25, 0.3) is 0 Å². The van der Waals surface area contributed by atoms with Gasteiger partial charge in [-0.2, -0.15) is 0 Å². The number of hydrogen-bond donors (Lipinski definition) is 1. The lowest BCUT2D eigenvalue weighted by molar-refractivity contribution is -0.150. The summed E-state index contributed by atoms with van der Waals surface area (Å²) in [5.74, 6) is 0.0631. The number of anilines is 1. The molecule has 3 fully saturated rings. The minimum absolute atomic E-state index is 0.0631. The fraction of sp³-hybridized carbons (Fsp3) is 0.667. The molecule has 0 amide bonds. The van der Waals surface area contributed by atoms with E-state index in [-0.39, 0.29) is 17.5 Å². The predicted molar refractivity (Wildman–Crippen MR) is 103 cm³/mol. The minimum Gasteiger partial charge on any atom is -0.462 e. The van der Waals surface area contributed by atoms with Crippen LogP contribution < -0.4 is 10.2 Å². The topological polar surface area (TPSA) is 44.8 Å². The Bertz CT molecular complexity index is 617. The van der Waals surface area contributed by atoms with Gasteiger partial charge in [-0.1, -0.05) is 17.7 Å². The van der Waals surface area contributed by atoms with Crippen LogP contribution in [0.15, 0.2) is 24.3 Å². The molecule has 1 atom stereocenters. The third kappa shape index (κ3) is 3.74. The predicted octanol–water partition coefficient (Wildman–Crippen LogP) is 2.19. The zero-order valence-corrected chi connectivity index (χ0v) is 15.9. The van der Waals surface area contributed by atoms with E-state index in [0.29, 0.717) is 0 Å². The largest absolute Gasteiger partial charge is 0.462 e. The third-order valence-corrected chi connectivity index (χ3v) is 6.42. The van der Waals surface area contributed by atoms with E-state index in [0.717, 1.165) is 71.5 Å². The van der Waals surface area contributed by atoms with E-state index in [2.05, 4.69) is 46.3 Å². The number of cyclic esters (lactones) is 1. The molecule has 3 heterocycles. The molecule has 3 aliphatic heterocycles. The summed E-state index contributed by atoms with van der Waals surface area (Å²) in [5, 5.41) is 3.35. The van der Waals surface area contributed by atoms with Gasteiger partial charge in [0.1, 0.15) is 6.10 Å². The van der Waals surface area contributed by atoms with Gasteiger partial charge in [0, 0.05) is 44.8 Å².